The van der Waals surface area contributed by atoms with E-state index in [1.54, 1.807) is 6.07 Å². The summed E-state index contributed by atoms with van der Waals surface area (Å²) in [6.07, 6.45) is 8.70. The van der Waals surface area contributed by atoms with Gasteiger partial charge in [-0.3, -0.25) is 4.79 Å². The number of aromatic nitrogens is 1. The predicted octanol–water partition coefficient (Wildman–Crippen LogP) is 2.61. The zero-order valence-corrected chi connectivity index (χ0v) is 17.9. The Bertz CT molecular complexity index is 1120. The van der Waals surface area contributed by atoms with Crippen LogP contribution in [0.25, 0.3) is 11.6 Å². The fourth-order valence-electron chi connectivity index (χ4n) is 4.36. The molecule has 2 aliphatic rings. The van der Waals surface area contributed by atoms with Gasteiger partial charge in [0.15, 0.2) is 0 Å². The molecular formula is C22H27N3O4S. The zero-order valence-electron chi connectivity index (χ0n) is 17.0. The van der Waals surface area contributed by atoms with Gasteiger partial charge in [0.25, 0.3) is 5.91 Å². The quantitative estimate of drug-likeness (QED) is 0.418. The number of H-pyrrole nitrogens is 1. The number of hydrogen-bond donors (Lipinski definition) is 4. The van der Waals surface area contributed by atoms with Crippen LogP contribution in [-0.4, -0.2) is 38.1 Å². The standard InChI is InChI=1S/C22H27N3O4S/c1-23-30(28,29)14-9-10-20-17(12-14)18(22(27)25-20)13-21-16(7-5-11-26)15-6-3-2-4-8-19(15)24-21/h9-10,12-13,23-24,26H,2-8,11H2,1H3,(H,25,27)/b18-13-. The summed E-state index contributed by atoms with van der Waals surface area (Å²) in [7, 11) is -2.25. The lowest BCUT2D eigenvalue weighted by Gasteiger charge is -2.06. The van der Waals surface area contributed by atoms with Crippen molar-refractivity contribution in [1.82, 2.24) is 9.71 Å². The molecule has 1 aliphatic heterocycles. The molecule has 1 aromatic heterocycles. The number of amides is 1. The molecule has 0 radical (unpaired) electrons. The van der Waals surface area contributed by atoms with Crippen molar-refractivity contribution in [2.45, 2.75) is 49.8 Å². The van der Waals surface area contributed by atoms with E-state index in [1.807, 2.05) is 6.08 Å². The zero-order chi connectivity index (χ0) is 21.3. The summed E-state index contributed by atoms with van der Waals surface area (Å²) in [5.74, 6) is -0.248. The summed E-state index contributed by atoms with van der Waals surface area (Å²) in [6.45, 7) is 0.116. The molecule has 1 amide bonds. The molecule has 160 valence electrons. The van der Waals surface area contributed by atoms with Gasteiger partial charge in [0, 0.05) is 29.2 Å². The third kappa shape index (κ3) is 3.82. The van der Waals surface area contributed by atoms with Crippen molar-refractivity contribution in [3.05, 3.63) is 46.3 Å². The molecule has 0 spiro atoms. The Hall–Kier alpha value is -2.42. The third-order valence-electron chi connectivity index (χ3n) is 5.92. The van der Waals surface area contributed by atoms with Crippen LogP contribution in [0.4, 0.5) is 5.69 Å². The number of aryl methyl sites for hydroxylation is 1. The number of aliphatic hydroxyl groups is 1. The van der Waals surface area contributed by atoms with Crippen LogP contribution in [0.15, 0.2) is 23.1 Å². The van der Waals surface area contributed by atoms with Gasteiger partial charge in [-0.15, -0.1) is 0 Å². The normalized spacial score (nSPS) is 17.5. The van der Waals surface area contributed by atoms with Gasteiger partial charge in [-0.2, -0.15) is 0 Å². The highest BCUT2D eigenvalue weighted by Gasteiger charge is 2.27. The minimum atomic E-state index is -3.61. The maximum Gasteiger partial charge on any atom is 0.256 e. The van der Waals surface area contributed by atoms with Crippen LogP contribution in [0.3, 0.4) is 0 Å². The van der Waals surface area contributed by atoms with Crippen LogP contribution in [0.2, 0.25) is 0 Å². The second-order valence-corrected chi connectivity index (χ2v) is 9.68. The number of hydrogen-bond acceptors (Lipinski definition) is 4. The Morgan fingerprint density at radius 2 is 2.00 bits per heavy atom. The molecule has 0 bridgehead atoms. The topological polar surface area (TPSA) is 111 Å². The molecular weight excluding hydrogens is 402 g/mol. The molecule has 0 fully saturated rings. The van der Waals surface area contributed by atoms with E-state index in [4.69, 9.17) is 0 Å². The van der Waals surface area contributed by atoms with Gasteiger partial charge in [0.1, 0.15) is 0 Å². The Morgan fingerprint density at radius 3 is 2.77 bits per heavy atom. The van der Waals surface area contributed by atoms with Crippen molar-refractivity contribution in [3.63, 3.8) is 0 Å². The lowest BCUT2D eigenvalue weighted by atomic mass is 9.98. The Morgan fingerprint density at radius 1 is 1.20 bits per heavy atom. The number of sulfonamides is 1. The molecule has 2 aromatic rings. The fourth-order valence-corrected chi connectivity index (χ4v) is 5.11. The average Bonchev–Trinajstić information content (AvgIpc) is 3.11. The van der Waals surface area contributed by atoms with Crippen LogP contribution in [-0.2, 0) is 34.1 Å². The van der Waals surface area contributed by atoms with Crippen molar-refractivity contribution in [2.75, 3.05) is 19.0 Å². The van der Waals surface area contributed by atoms with E-state index in [2.05, 4.69) is 15.0 Å². The SMILES string of the molecule is CNS(=O)(=O)c1ccc2c(c1)/C(=C/c1[nH]c3c(c1CCCO)CCCCC3)C(=O)N2. The van der Waals surface area contributed by atoms with Crippen LogP contribution in [0.1, 0.15) is 53.8 Å². The summed E-state index contributed by atoms with van der Waals surface area (Å²) in [5.41, 5.74) is 6.21. The predicted molar refractivity (Wildman–Crippen MR) is 117 cm³/mol. The molecule has 1 aliphatic carbocycles. The van der Waals surface area contributed by atoms with Crippen molar-refractivity contribution >= 4 is 33.3 Å². The molecule has 7 nitrogen and oxygen atoms in total. The van der Waals surface area contributed by atoms with E-state index in [0.29, 0.717) is 23.2 Å². The number of fused-ring (bicyclic) bond motifs is 2. The van der Waals surface area contributed by atoms with Crippen molar-refractivity contribution in [1.29, 1.82) is 0 Å². The van der Waals surface area contributed by atoms with Crippen LogP contribution >= 0.6 is 0 Å². The lowest BCUT2D eigenvalue weighted by molar-refractivity contribution is -0.110. The van der Waals surface area contributed by atoms with Gasteiger partial charge < -0.3 is 15.4 Å². The van der Waals surface area contributed by atoms with E-state index >= 15 is 0 Å². The van der Waals surface area contributed by atoms with E-state index in [0.717, 1.165) is 43.4 Å². The monoisotopic (exact) mass is 429 g/mol. The average molecular weight is 430 g/mol. The number of benzene rings is 1. The minimum Gasteiger partial charge on any atom is -0.396 e. The van der Waals surface area contributed by atoms with Crippen molar-refractivity contribution in [3.8, 4) is 0 Å². The Balaban J connectivity index is 1.81. The largest absolute Gasteiger partial charge is 0.396 e. The third-order valence-corrected chi connectivity index (χ3v) is 7.33. The Labute approximate surface area is 176 Å². The van der Waals surface area contributed by atoms with E-state index in [-0.39, 0.29) is 17.4 Å². The number of aliphatic hydroxyl groups excluding tert-OH is 1. The highest BCUT2D eigenvalue weighted by molar-refractivity contribution is 7.89. The molecule has 2 heterocycles. The number of nitrogens with one attached hydrogen (secondary N) is 3. The van der Waals surface area contributed by atoms with Gasteiger partial charge >= 0.3 is 0 Å². The molecule has 0 atom stereocenters. The summed E-state index contributed by atoms with van der Waals surface area (Å²) in [6, 6.07) is 4.64. The van der Waals surface area contributed by atoms with Gasteiger partial charge in [-0.05, 0) is 81.0 Å². The first kappa shape index (κ1) is 20.8. The molecule has 8 heteroatoms. The second-order valence-electron chi connectivity index (χ2n) is 7.79. The molecule has 30 heavy (non-hydrogen) atoms. The molecule has 0 saturated carbocycles. The van der Waals surface area contributed by atoms with E-state index < -0.39 is 10.0 Å². The molecule has 4 N–H and O–H groups in total. The van der Waals surface area contributed by atoms with E-state index in [1.165, 1.54) is 36.9 Å². The highest BCUT2D eigenvalue weighted by atomic mass is 32.2. The van der Waals surface area contributed by atoms with Gasteiger partial charge in [-0.25, -0.2) is 13.1 Å². The minimum absolute atomic E-state index is 0.116. The first-order valence-electron chi connectivity index (χ1n) is 10.4. The smallest absolute Gasteiger partial charge is 0.256 e. The van der Waals surface area contributed by atoms with Crippen LogP contribution in [0.5, 0.6) is 0 Å². The summed E-state index contributed by atoms with van der Waals surface area (Å²) < 4.78 is 26.8. The number of aromatic amines is 1. The van der Waals surface area contributed by atoms with Crippen molar-refractivity contribution in [2.24, 2.45) is 0 Å². The highest BCUT2D eigenvalue weighted by Crippen LogP contribution is 2.36. The number of carbonyl (C=O) groups is 1. The van der Waals surface area contributed by atoms with Gasteiger partial charge in [0.2, 0.25) is 10.0 Å². The molecule has 0 unspecified atom stereocenters. The second kappa shape index (κ2) is 8.37. The van der Waals surface area contributed by atoms with Gasteiger partial charge in [-0.1, -0.05) is 6.42 Å². The first-order chi connectivity index (χ1) is 14.4. The number of rotatable bonds is 6. The summed E-state index contributed by atoms with van der Waals surface area (Å²) in [4.78, 5) is 16.3. The lowest BCUT2D eigenvalue weighted by Crippen LogP contribution is -2.18. The van der Waals surface area contributed by atoms with Gasteiger partial charge in [0.05, 0.1) is 10.5 Å². The maximum absolute atomic E-state index is 12.7. The molecule has 4 rings (SSSR count). The number of anilines is 1. The van der Waals surface area contributed by atoms with Crippen LogP contribution < -0.4 is 10.0 Å². The summed E-state index contributed by atoms with van der Waals surface area (Å²) >= 11 is 0. The summed E-state index contributed by atoms with van der Waals surface area (Å²) in [5, 5.41) is 12.2. The number of carbonyl (C=O) groups excluding carboxylic acids is 1. The first-order valence-corrected chi connectivity index (χ1v) is 11.9. The molecule has 1 aromatic carbocycles. The fraction of sp³-hybridized carbons (Fsp3) is 0.409. The van der Waals surface area contributed by atoms with Crippen molar-refractivity contribution < 1.29 is 18.3 Å². The maximum atomic E-state index is 12.7. The van der Waals surface area contributed by atoms with E-state index in [9.17, 15) is 18.3 Å². The Kier molecular flexibility index (Phi) is 5.81. The molecule has 0 saturated heterocycles. The van der Waals surface area contributed by atoms with Crippen LogP contribution in [0, 0.1) is 0 Å².